The number of anilines is 1. The molecule has 1 aliphatic rings. The predicted molar refractivity (Wildman–Crippen MR) is 81.8 cm³/mol. The van der Waals surface area contributed by atoms with Crippen LogP contribution in [0.5, 0.6) is 5.75 Å². The Bertz CT molecular complexity index is 665. The second-order valence-electron chi connectivity index (χ2n) is 5.08. The zero-order valence-electron chi connectivity index (χ0n) is 11.7. The lowest BCUT2D eigenvalue weighted by Gasteiger charge is -2.31. The highest BCUT2D eigenvalue weighted by Gasteiger charge is 2.36. The van der Waals surface area contributed by atoms with Crippen LogP contribution >= 0.6 is 11.3 Å². The Morgan fingerprint density at radius 3 is 2.95 bits per heavy atom. The molecule has 0 bridgehead atoms. The molecule has 112 valence electrons. The van der Waals surface area contributed by atoms with Gasteiger partial charge in [-0.15, -0.1) is 0 Å². The highest BCUT2D eigenvalue weighted by Crippen LogP contribution is 2.30. The van der Waals surface area contributed by atoms with Crippen LogP contribution in [-0.2, 0) is 9.53 Å². The van der Waals surface area contributed by atoms with E-state index in [2.05, 4.69) is 10.3 Å². The van der Waals surface area contributed by atoms with E-state index >= 15 is 0 Å². The van der Waals surface area contributed by atoms with Crippen molar-refractivity contribution in [1.82, 2.24) is 4.98 Å². The van der Waals surface area contributed by atoms with Gasteiger partial charge < -0.3 is 20.5 Å². The molecule has 21 heavy (non-hydrogen) atoms. The minimum atomic E-state index is -0.867. The third kappa shape index (κ3) is 2.85. The molecule has 1 aromatic carbocycles. The zero-order chi connectivity index (χ0) is 14.9. The molecule has 1 aromatic heterocycles. The van der Waals surface area contributed by atoms with Gasteiger partial charge in [0.05, 0.1) is 17.3 Å². The summed E-state index contributed by atoms with van der Waals surface area (Å²) in [4.78, 5) is 16.7. The topological polar surface area (TPSA) is 86.5 Å². The Labute approximate surface area is 126 Å². The number of hydrogen-bond donors (Lipinski definition) is 2. The summed E-state index contributed by atoms with van der Waals surface area (Å²) in [5, 5.41) is 3.38. The summed E-state index contributed by atoms with van der Waals surface area (Å²) in [6.07, 6.45) is 1.05. The lowest BCUT2D eigenvalue weighted by molar-refractivity contribution is -0.124. The van der Waals surface area contributed by atoms with Crippen LogP contribution in [0.15, 0.2) is 18.2 Å². The van der Waals surface area contributed by atoms with Crippen molar-refractivity contribution < 1.29 is 14.3 Å². The average Bonchev–Trinajstić information content (AvgIpc) is 2.89. The Hall–Kier alpha value is -1.70. The van der Waals surface area contributed by atoms with Crippen LogP contribution in [0.2, 0.25) is 0 Å². The number of nitrogens with zero attached hydrogens (tertiary/aromatic N) is 1. The van der Waals surface area contributed by atoms with Crippen LogP contribution in [0.1, 0.15) is 12.8 Å². The highest BCUT2D eigenvalue weighted by molar-refractivity contribution is 7.22. The van der Waals surface area contributed by atoms with Gasteiger partial charge in [-0.05, 0) is 31.0 Å². The van der Waals surface area contributed by atoms with E-state index in [9.17, 15) is 4.79 Å². The number of nitrogens with one attached hydrogen (secondary N) is 1. The number of aromatic nitrogens is 1. The zero-order valence-corrected chi connectivity index (χ0v) is 12.5. The van der Waals surface area contributed by atoms with Crippen LogP contribution in [-0.4, -0.2) is 36.8 Å². The lowest BCUT2D eigenvalue weighted by atomic mass is 9.90. The fourth-order valence-electron chi connectivity index (χ4n) is 2.27. The van der Waals surface area contributed by atoms with Gasteiger partial charge in [-0.2, -0.15) is 0 Å². The number of carbonyl (C=O) groups excluding carboxylic acids is 1. The number of ether oxygens (including phenoxy) is 2. The van der Waals surface area contributed by atoms with Crippen molar-refractivity contribution in [2.75, 3.05) is 25.6 Å². The van der Waals surface area contributed by atoms with E-state index in [4.69, 9.17) is 15.2 Å². The van der Waals surface area contributed by atoms with Crippen LogP contribution in [0.3, 0.4) is 0 Å². The van der Waals surface area contributed by atoms with E-state index in [1.165, 1.54) is 11.3 Å². The number of nitrogens with two attached hydrogens (primary N) is 1. The van der Waals surface area contributed by atoms with Crippen molar-refractivity contribution in [1.29, 1.82) is 0 Å². The van der Waals surface area contributed by atoms with Crippen molar-refractivity contribution in [3.8, 4) is 5.75 Å². The first-order valence-corrected chi connectivity index (χ1v) is 7.55. The average molecular weight is 307 g/mol. The molecule has 1 amide bonds. The quantitative estimate of drug-likeness (QED) is 0.902. The Morgan fingerprint density at radius 2 is 2.24 bits per heavy atom. The number of benzene rings is 1. The molecule has 7 heteroatoms. The smallest absolute Gasteiger partial charge is 0.246 e. The number of thiazole rings is 1. The molecule has 1 aliphatic heterocycles. The van der Waals surface area contributed by atoms with Gasteiger partial charge in [0.1, 0.15) is 11.3 Å². The van der Waals surface area contributed by atoms with Gasteiger partial charge in [-0.25, -0.2) is 4.98 Å². The van der Waals surface area contributed by atoms with Gasteiger partial charge in [-0.3, -0.25) is 4.79 Å². The van der Waals surface area contributed by atoms with E-state index in [1.807, 2.05) is 18.2 Å². The first-order chi connectivity index (χ1) is 10.1. The van der Waals surface area contributed by atoms with Crippen molar-refractivity contribution in [3.63, 3.8) is 0 Å². The summed E-state index contributed by atoms with van der Waals surface area (Å²) < 4.78 is 11.4. The van der Waals surface area contributed by atoms with Crippen molar-refractivity contribution in [3.05, 3.63) is 18.2 Å². The first kappa shape index (κ1) is 14.2. The monoisotopic (exact) mass is 307 g/mol. The molecule has 0 atom stereocenters. The maximum absolute atomic E-state index is 12.3. The molecule has 1 saturated heterocycles. The van der Waals surface area contributed by atoms with Crippen LogP contribution in [0.4, 0.5) is 5.13 Å². The number of fused-ring (bicyclic) bond motifs is 1. The van der Waals surface area contributed by atoms with Gasteiger partial charge in [0.2, 0.25) is 5.91 Å². The van der Waals surface area contributed by atoms with Gasteiger partial charge >= 0.3 is 0 Å². The standard InChI is InChI=1S/C14H17N3O3S/c1-19-9-2-3-10-11(8-9)21-13(16-10)17-12(18)14(15)4-6-20-7-5-14/h2-3,8H,4-7,15H2,1H3,(H,16,17,18). The SMILES string of the molecule is COc1ccc2nc(NC(=O)C3(N)CCOCC3)sc2c1. The molecule has 0 unspecified atom stereocenters. The molecule has 1 fully saturated rings. The Kier molecular flexibility index (Phi) is 3.79. The number of rotatable bonds is 3. The maximum Gasteiger partial charge on any atom is 0.246 e. The van der Waals surface area contributed by atoms with Crippen LogP contribution in [0.25, 0.3) is 10.2 Å². The van der Waals surface area contributed by atoms with E-state index in [1.54, 1.807) is 7.11 Å². The van der Waals surface area contributed by atoms with Crippen molar-refractivity contribution in [2.45, 2.75) is 18.4 Å². The fraction of sp³-hybridized carbons (Fsp3) is 0.429. The molecule has 0 saturated carbocycles. The molecule has 0 spiro atoms. The summed E-state index contributed by atoms with van der Waals surface area (Å²) in [5.41, 5.74) is 6.12. The molecular weight excluding hydrogens is 290 g/mol. The number of hydrogen-bond acceptors (Lipinski definition) is 6. The minimum absolute atomic E-state index is 0.197. The van der Waals surface area contributed by atoms with Crippen molar-refractivity contribution in [2.24, 2.45) is 5.73 Å². The number of methoxy groups -OCH3 is 1. The first-order valence-electron chi connectivity index (χ1n) is 6.73. The van der Waals surface area contributed by atoms with E-state index < -0.39 is 5.54 Å². The Balaban J connectivity index is 1.79. The maximum atomic E-state index is 12.3. The molecular formula is C14H17N3O3S. The summed E-state index contributed by atoms with van der Waals surface area (Å²) >= 11 is 1.41. The molecule has 2 aromatic rings. The summed E-state index contributed by atoms with van der Waals surface area (Å²) in [6.45, 7) is 1.03. The van der Waals surface area contributed by atoms with Crippen molar-refractivity contribution >= 4 is 32.6 Å². The van der Waals surface area contributed by atoms with Gasteiger partial charge in [0.15, 0.2) is 5.13 Å². The summed E-state index contributed by atoms with van der Waals surface area (Å²) in [5.74, 6) is 0.570. The summed E-state index contributed by atoms with van der Waals surface area (Å²) in [6, 6.07) is 5.61. The molecule has 3 N–H and O–H groups in total. The Morgan fingerprint density at radius 1 is 1.48 bits per heavy atom. The normalized spacial score (nSPS) is 17.6. The van der Waals surface area contributed by atoms with Gasteiger partial charge in [0.25, 0.3) is 0 Å². The lowest BCUT2D eigenvalue weighted by Crippen LogP contribution is -2.54. The molecule has 6 nitrogen and oxygen atoms in total. The third-order valence-corrected chi connectivity index (χ3v) is 4.59. The number of amides is 1. The largest absolute Gasteiger partial charge is 0.497 e. The van der Waals surface area contributed by atoms with Crippen LogP contribution in [0, 0.1) is 0 Å². The predicted octanol–water partition coefficient (Wildman–Crippen LogP) is 1.75. The second-order valence-corrected chi connectivity index (χ2v) is 6.11. The second kappa shape index (κ2) is 5.59. The van der Waals surface area contributed by atoms with E-state index in [0.29, 0.717) is 31.2 Å². The highest BCUT2D eigenvalue weighted by atomic mass is 32.1. The summed E-state index contributed by atoms with van der Waals surface area (Å²) in [7, 11) is 1.62. The molecule has 0 aliphatic carbocycles. The van der Waals surface area contributed by atoms with E-state index in [0.717, 1.165) is 16.0 Å². The molecule has 0 radical (unpaired) electrons. The number of carbonyl (C=O) groups is 1. The molecule has 2 heterocycles. The third-order valence-electron chi connectivity index (χ3n) is 3.65. The fourth-order valence-corrected chi connectivity index (χ4v) is 3.16. The van der Waals surface area contributed by atoms with Crippen LogP contribution < -0.4 is 15.8 Å². The molecule has 3 rings (SSSR count). The minimum Gasteiger partial charge on any atom is -0.497 e. The van der Waals surface area contributed by atoms with Gasteiger partial charge in [0, 0.05) is 13.2 Å². The van der Waals surface area contributed by atoms with E-state index in [-0.39, 0.29) is 5.91 Å². The van der Waals surface area contributed by atoms with Gasteiger partial charge in [-0.1, -0.05) is 11.3 Å².